The standard InChI is InChI=1S/C20H25FN4O3/c1-13-10-15(11-18(22-13)26-3)25-6-4-24(5-7-25)14(2)19-16(21)12-17-20(23-19)28-9-8-27-17/h10-12,14H,4-9H2,1-3H3. The van der Waals surface area contributed by atoms with Gasteiger partial charge in [-0.2, -0.15) is 0 Å². The van der Waals surface area contributed by atoms with Crippen LogP contribution in [0.4, 0.5) is 10.1 Å². The van der Waals surface area contributed by atoms with Crippen molar-refractivity contribution in [2.24, 2.45) is 0 Å². The van der Waals surface area contributed by atoms with Gasteiger partial charge in [-0.1, -0.05) is 0 Å². The molecule has 28 heavy (non-hydrogen) atoms. The van der Waals surface area contributed by atoms with Gasteiger partial charge in [0.2, 0.25) is 5.88 Å². The normalized spacial score (nSPS) is 18.1. The Morgan fingerprint density at radius 1 is 1.07 bits per heavy atom. The van der Waals surface area contributed by atoms with Crippen LogP contribution in [0, 0.1) is 12.7 Å². The van der Waals surface area contributed by atoms with Crippen molar-refractivity contribution in [3.05, 3.63) is 35.4 Å². The molecule has 0 amide bonds. The lowest BCUT2D eigenvalue weighted by Crippen LogP contribution is -2.47. The molecular weight excluding hydrogens is 363 g/mol. The first kappa shape index (κ1) is 18.7. The summed E-state index contributed by atoms with van der Waals surface area (Å²) in [4.78, 5) is 13.3. The predicted octanol–water partition coefficient (Wildman–Crippen LogP) is 2.59. The SMILES string of the molecule is COc1cc(N2CCN(C(C)c3nc4c(cc3F)OCCO4)CC2)cc(C)n1. The number of rotatable bonds is 4. The van der Waals surface area contributed by atoms with Crippen molar-refractivity contribution in [1.82, 2.24) is 14.9 Å². The largest absolute Gasteiger partial charge is 0.484 e. The molecule has 0 spiro atoms. The van der Waals surface area contributed by atoms with Crippen LogP contribution in [-0.2, 0) is 0 Å². The Balaban J connectivity index is 1.46. The number of fused-ring (bicyclic) bond motifs is 1. The second kappa shape index (κ2) is 7.79. The van der Waals surface area contributed by atoms with E-state index in [1.165, 1.54) is 6.07 Å². The Morgan fingerprint density at radius 3 is 2.57 bits per heavy atom. The minimum Gasteiger partial charge on any atom is -0.484 e. The minimum absolute atomic E-state index is 0.147. The van der Waals surface area contributed by atoms with Crippen LogP contribution in [0.1, 0.15) is 24.4 Å². The topological polar surface area (TPSA) is 60.0 Å². The number of anilines is 1. The second-order valence-electron chi connectivity index (χ2n) is 7.06. The maximum atomic E-state index is 14.6. The van der Waals surface area contributed by atoms with Gasteiger partial charge in [-0.25, -0.2) is 14.4 Å². The van der Waals surface area contributed by atoms with Gasteiger partial charge in [0.25, 0.3) is 5.88 Å². The van der Waals surface area contributed by atoms with Gasteiger partial charge in [-0.15, -0.1) is 0 Å². The van der Waals surface area contributed by atoms with Gasteiger partial charge >= 0.3 is 0 Å². The van der Waals surface area contributed by atoms with Gasteiger partial charge < -0.3 is 19.1 Å². The third-order valence-corrected chi connectivity index (χ3v) is 5.26. The molecule has 1 atom stereocenters. The average Bonchev–Trinajstić information content (AvgIpc) is 2.72. The molecule has 1 fully saturated rings. The van der Waals surface area contributed by atoms with E-state index in [4.69, 9.17) is 14.2 Å². The molecule has 7 nitrogen and oxygen atoms in total. The van der Waals surface area contributed by atoms with Crippen molar-refractivity contribution in [2.75, 3.05) is 51.4 Å². The van der Waals surface area contributed by atoms with Gasteiger partial charge in [-0.3, -0.25) is 4.90 Å². The molecule has 2 aromatic rings. The van der Waals surface area contributed by atoms with Gasteiger partial charge in [-0.05, 0) is 19.9 Å². The van der Waals surface area contributed by atoms with Crippen molar-refractivity contribution in [1.29, 1.82) is 0 Å². The molecule has 2 aliphatic rings. The van der Waals surface area contributed by atoms with Crippen molar-refractivity contribution in [2.45, 2.75) is 19.9 Å². The van der Waals surface area contributed by atoms with Crippen LogP contribution < -0.4 is 19.1 Å². The number of nitrogens with zero attached hydrogens (tertiary/aromatic N) is 4. The molecular formula is C20H25FN4O3. The Morgan fingerprint density at radius 2 is 1.82 bits per heavy atom. The lowest BCUT2D eigenvalue weighted by Gasteiger charge is -2.39. The molecule has 1 saturated heterocycles. The molecule has 1 unspecified atom stereocenters. The number of aryl methyl sites for hydroxylation is 1. The molecule has 0 N–H and O–H groups in total. The Hall–Kier alpha value is -2.61. The van der Waals surface area contributed by atoms with Crippen LogP contribution in [0.15, 0.2) is 18.2 Å². The molecule has 0 aromatic carbocycles. The summed E-state index contributed by atoms with van der Waals surface area (Å²) in [5.41, 5.74) is 2.42. The van der Waals surface area contributed by atoms with Crippen molar-refractivity contribution in [3.8, 4) is 17.5 Å². The lowest BCUT2D eigenvalue weighted by atomic mass is 10.1. The molecule has 0 radical (unpaired) electrons. The van der Waals surface area contributed by atoms with E-state index >= 15 is 0 Å². The van der Waals surface area contributed by atoms with E-state index in [2.05, 4.69) is 25.8 Å². The molecule has 150 valence electrons. The summed E-state index contributed by atoms with van der Waals surface area (Å²) in [5.74, 6) is 1.03. The minimum atomic E-state index is -0.353. The lowest BCUT2D eigenvalue weighted by molar-refractivity contribution is 0.157. The highest BCUT2D eigenvalue weighted by atomic mass is 19.1. The highest BCUT2D eigenvalue weighted by Gasteiger charge is 2.27. The van der Waals surface area contributed by atoms with E-state index < -0.39 is 0 Å². The van der Waals surface area contributed by atoms with Crippen LogP contribution in [0.5, 0.6) is 17.5 Å². The molecule has 4 rings (SSSR count). The maximum absolute atomic E-state index is 14.6. The number of aromatic nitrogens is 2. The fourth-order valence-electron chi connectivity index (χ4n) is 3.71. The van der Waals surface area contributed by atoms with E-state index in [1.54, 1.807) is 7.11 Å². The summed E-state index contributed by atoms with van der Waals surface area (Å²) in [6, 6.07) is 5.25. The maximum Gasteiger partial charge on any atom is 0.257 e. The zero-order valence-electron chi connectivity index (χ0n) is 16.4. The van der Waals surface area contributed by atoms with E-state index in [0.717, 1.165) is 37.6 Å². The quantitative estimate of drug-likeness (QED) is 0.798. The third-order valence-electron chi connectivity index (χ3n) is 5.26. The highest BCUT2D eigenvalue weighted by molar-refractivity contribution is 5.50. The summed E-state index contributed by atoms with van der Waals surface area (Å²) in [5, 5.41) is 0. The second-order valence-corrected chi connectivity index (χ2v) is 7.06. The summed E-state index contributed by atoms with van der Waals surface area (Å²) in [7, 11) is 1.63. The van der Waals surface area contributed by atoms with Crippen LogP contribution in [0.25, 0.3) is 0 Å². The highest BCUT2D eigenvalue weighted by Crippen LogP contribution is 2.33. The molecule has 0 bridgehead atoms. The van der Waals surface area contributed by atoms with E-state index in [1.807, 2.05) is 19.9 Å². The Kier molecular flexibility index (Phi) is 5.21. The van der Waals surface area contributed by atoms with Gasteiger partial charge in [0.1, 0.15) is 19.0 Å². The molecule has 2 aliphatic heterocycles. The van der Waals surface area contributed by atoms with Crippen molar-refractivity contribution < 1.29 is 18.6 Å². The van der Waals surface area contributed by atoms with E-state index in [9.17, 15) is 4.39 Å². The average molecular weight is 388 g/mol. The van der Waals surface area contributed by atoms with Crippen molar-refractivity contribution in [3.63, 3.8) is 0 Å². The van der Waals surface area contributed by atoms with Crippen molar-refractivity contribution >= 4 is 5.69 Å². The van der Waals surface area contributed by atoms with Crippen LogP contribution in [0.3, 0.4) is 0 Å². The van der Waals surface area contributed by atoms with Gasteiger partial charge in [0.15, 0.2) is 5.75 Å². The summed E-state index contributed by atoms with van der Waals surface area (Å²) in [6.45, 7) is 8.09. The fourth-order valence-corrected chi connectivity index (χ4v) is 3.71. The molecule has 0 saturated carbocycles. The zero-order chi connectivity index (χ0) is 19.7. The Labute approximate surface area is 164 Å². The molecule has 0 aliphatic carbocycles. The first-order valence-electron chi connectivity index (χ1n) is 9.53. The Bertz CT molecular complexity index is 856. The number of piperazine rings is 1. The van der Waals surface area contributed by atoms with Crippen LogP contribution >= 0.6 is 0 Å². The van der Waals surface area contributed by atoms with Crippen LogP contribution in [-0.4, -0.2) is 61.4 Å². The fraction of sp³-hybridized carbons (Fsp3) is 0.500. The first-order valence-corrected chi connectivity index (χ1v) is 9.53. The summed E-state index contributed by atoms with van der Waals surface area (Å²) >= 11 is 0. The molecule has 2 aromatic heterocycles. The number of halogens is 1. The predicted molar refractivity (Wildman–Crippen MR) is 103 cm³/mol. The summed E-state index contributed by atoms with van der Waals surface area (Å²) < 4.78 is 30.8. The number of pyridine rings is 2. The van der Waals surface area contributed by atoms with Gasteiger partial charge in [0, 0.05) is 49.7 Å². The van der Waals surface area contributed by atoms with E-state index in [-0.39, 0.29) is 11.9 Å². The number of ether oxygens (including phenoxy) is 3. The number of methoxy groups -OCH3 is 1. The van der Waals surface area contributed by atoms with Gasteiger partial charge in [0.05, 0.1) is 18.8 Å². The van der Waals surface area contributed by atoms with E-state index in [0.29, 0.717) is 36.4 Å². The number of hydrogen-bond donors (Lipinski definition) is 0. The first-order chi connectivity index (χ1) is 13.5. The smallest absolute Gasteiger partial charge is 0.257 e. The monoisotopic (exact) mass is 388 g/mol. The zero-order valence-corrected chi connectivity index (χ0v) is 16.4. The molecule has 4 heterocycles. The third kappa shape index (κ3) is 3.69. The number of hydrogen-bond acceptors (Lipinski definition) is 7. The van der Waals surface area contributed by atoms with Crippen LogP contribution in [0.2, 0.25) is 0 Å². The summed E-state index contributed by atoms with van der Waals surface area (Å²) in [6.07, 6.45) is 0. The molecule has 8 heteroatoms.